The molecular formula is C12H14N2OS. The van der Waals surface area contributed by atoms with Crippen molar-refractivity contribution in [2.45, 2.75) is 25.5 Å². The molecule has 0 saturated carbocycles. The lowest BCUT2D eigenvalue weighted by molar-refractivity contribution is -0.119. The summed E-state index contributed by atoms with van der Waals surface area (Å²) in [5.41, 5.74) is 2.05. The molecule has 1 aliphatic heterocycles. The fraction of sp³-hybridized carbons (Fsp3) is 0.333. The Balaban J connectivity index is 2.20. The molecule has 1 fully saturated rings. The van der Waals surface area contributed by atoms with Crippen LogP contribution in [0.25, 0.3) is 0 Å². The van der Waals surface area contributed by atoms with Gasteiger partial charge in [-0.1, -0.05) is 30.8 Å². The molecule has 1 N–H and O–H groups in total. The number of carbonyl (C=O) groups is 1. The van der Waals surface area contributed by atoms with Crippen LogP contribution in [0.2, 0.25) is 0 Å². The van der Waals surface area contributed by atoms with Crippen molar-refractivity contribution in [3.05, 3.63) is 29.8 Å². The first kappa shape index (κ1) is 11.2. The maximum absolute atomic E-state index is 11.3. The molecule has 1 heterocycles. The van der Waals surface area contributed by atoms with Crippen molar-refractivity contribution >= 4 is 28.5 Å². The fourth-order valence-electron chi connectivity index (χ4n) is 1.56. The molecule has 0 aromatic heterocycles. The Morgan fingerprint density at radius 2 is 2.31 bits per heavy atom. The molecular weight excluding hydrogens is 220 g/mol. The van der Waals surface area contributed by atoms with Crippen LogP contribution in [0.15, 0.2) is 29.3 Å². The van der Waals surface area contributed by atoms with Gasteiger partial charge in [0.25, 0.3) is 0 Å². The van der Waals surface area contributed by atoms with Gasteiger partial charge in [0.2, 0.25) is 5.91 Å². The minimum absolute atomic E-state index is 0.0534. The second-order valence-electron chi connectivity index (χ2n) is 3.94. The number of thioether (sulfide) groups is 1. The molecule has 1 saturated heterocycles. The van der Waals surface area contributed by atoms with Crippen LogP contribution in [0.4, 0.5) is 5.69 Å². The molecule has 0 unspecified atom stereocenters. The first-order chi connectivity index (χ1) is 7.63. The van der Waals surface area contributed by atoms with Crippen LogP contribution in [0.3, 0.4) is 0 Å². The largest absolute Gasteiger partial charge is 0.305 e. The molecule has 1 aromatic rings. The SMILES string of the molecule is Cc1cccc(N=C2NC(=O)C[C@@H](C)S2)c1. The fourth-order valence-corrected chi connectivity index (χ4v) is 2.51. The summed E-state index contributed by atoms with van der Waals surface area (Å²) in [6.45, 7) is 4.06. The van der Waals surface area contributed by atoms with Gasteiger partial charge in [-0.3, -0.25) is 4.79 Å². The summed E-state index contributed by atoms with van der Waals surface area (Å²) in [5.74, 6) is 0.0534. The molecule has 3 nitrogen and oxygen atoms in total. The van der Waals surface area contributed by atoms with Crippen molar-refractivity contribution in [3.63, 3.8) is 0 Å². The van der Waals surface area contributed by atoms with Gasteiger partial charge in [-0.2, -0.15) is 0 Å². The van der Waals surface area contributed by atoms with Crippen LogP contribution in [-0.2, 0) is 4.79 Å². The van der Waals surface area contributed by atoms with E-state index < -0.39 is 0 Å². The summed E-state index contributed by atoms with van der Waals surface area (Å²) in [4.78, 5) is 15.8. The molecule has 4 heteroatoms. The summed E-state index contributed by atoms with van der Waals surface area (Å²) < 4.78 is 0. The van der Waals surface area contributed by atoms with Gasteiger partial charge in [0.1, 0.15) is 0 Å². The van der Waals surface area contributed by atoms with Gasteiger partial charge in [-0.25, -0.2) is 4.99 Å². The third kappa shape index (κ3) is 2.85. The second kappa shape index (κ2) is 4.70. The lowest BCUT2D eigenvalue weighted by Gasteiger charge is -2.19. The van der Waals surface area contributed by atoms with Crippen molar-refractivity contribution < 1.29 is 4.79 Å². The summed E-state index contributed by atoms with van der Waals surface area (Å²) in [6.07, 6.45) is 0.567. The van der Waals surface area contributed by atoms with Gasteiger partial charge in [-0.05, 0) is 24.6 Å². The Morgan fingerprint density at radius 3 is 3.00 bits per heavy atom. The molecule has 2 rings (SSSR count). The lowest BCUT2D eigenvalue weighted by Crippen LogP contribution is -2.36. The molecule has 1 aromatic carbocycles. The molecule has 1 atom stereocenters. The molecule has 1 aliphatic rings. The van der Waals surface area contributed by atoms with Crippen molar-refractivity contribution in [3.8, 4) is 0 Å². The Bertz CT molecular complexity index is 442. The molecule has 0 radical (unpaired) electrons. The number of carbonyl (C=O) groups excluding carboxylic acids is 1. The normalized spacial score (nSPS) is 23.2. The highest BCUT2D eigenvalue weighted by Crippen LogP contribution is 2.23. The molecule has 0 spiro atoms. The predicted molar refractivity (Wildman–Crippen MR) is 68.1 cm³/mol. The average Bonchev–Trinajstić information content (AvgIpc) is 2.15. The van der Waals surface area contributed by atoms with Crippen LogP contribution in [0, 0.1) is 6.92 Å². The van der Waals surface area contributed by atoms with E-state index in [1.807, 2.05) is 38.1 Å². The topological polar surface area (TPSA) is 41.5 Å². The number of nitrogens with zero attached hydrogens (tertiary/aromatic N) is 1. The van der Waals surface area contributed by atoms with Crippen molar-refractivity contribution in [1.82, 2.24) is 5.32 Å². The monoisotopic (exact) mass is 234 g/mol. The first-order valence-corrected chi connectivity index (χ1v) is 6.13. The predicted octanol–water partition coefficient (Wildman–Crippen LogP) is 2.62. The zero-order chi connectivity index (χ0) is 11.5. The van der Waals surface area contributed by atoms with Crippen LogP contribution >= 0.6 is 11.8 Å². The molecule has 16 heavy (non-hydrogen) atoms. The van der Waals surface area contributed by atoms with Crippen LogP contribution in [0.1, 0.15) is 18.9 Å². The van der Waals surface area contributed by atoms with Gasteiger partial charge in [0.15, 0.2) is 5.17 Å². The van der Waals surface area contributed by atoms with E-state index in [9.17, 15) is 4.79 Å². The Labute approximate surface area is 99.3 Å². The number of aliphatic imine (C=N–C) groups is 1. The number of hydrogen-bond acceptors (Lipinski definition) is 3. The molecule has 84 valence electrons. The maximum Gasteiger partial charge on any atom is 0.227 e. The highest BCUT2D eigenvalue weighted by Gasteiger charge is 2.20. The standard InChI is InChI=1S/C12H14N2OS/c1-8-4-3-5-10(6-8)13-12-14-11(15)7-9(2)16-12/h3-6,9H,7H2,1-2H3,(H,13,14,15)/t9-/m1/s1. The van der Waals surface area contributed by atoms with Gasteiger partial charge in [0.05, 0.1) is 5.69 Å². The molecule has 0 bridgehead atoms. The zero-order valence-corrected chi connectivity index (χ0v) is 10.2. The number of amides is 1. The van der Waals surface area contributed by atoms with Crippen LogP contribution in [-0.4, -0.2) is 16.3 Å². The summed E-state index contributed by atoms with van der Waals surface area (Å²) in [6, 6.07) is 7.93. The molecule has 1 amide bonds. The van der Waals surface area contributed by atoms with E-state index in [-0.39, 0.29) is 5.91 Å². The van der Waals surface area contributed by atoms with Crippen molar-refractivity contribution in [1.29, 1.82) is 0 Å². The minimum atomic E-state index is 0.0534. The molecule has 0 aliphatic carbocycles. The minimum Gasteiger partial charge on any atom is -0.305 e. The van der Waals surface area contributed by atoms with Crippen LogP contribution < -0.4 is 5.32 Å². The summed E-state index contributed by atoms with van der Waals surface area (Å²) >= 11 is 1.61. The first-order valence-electron chi connectivity index (χ1n) is 5.25. The maximum atomic E-state index is 11.3. The highest BCUT2D eigenvalue weighted by atomic mass is 32.2. The third-order valence-electron chi connectivity index (χ3n) is 2.26. The number of nitrogens with one attached hydrogen (secondary N) is 1. The van der Waals surface area contributed by atoms with E-state index in [1.54, 1.807) is 11.8 Å². The van der Waals surface area contributed by atoms with Gasteiger partial charge in [-0.15, -0.1) is 0 Å². The second-order valence-corrected chi connectivity index (χ2v) is 5.36. The number of aryl methyl sites for hydroxylation is 1. The smallest absolute Gasteiger partial charge is 0.227 e. The van der Waals surface area contributed by atoms with Gasteiger partial charge < -0.3 is 5.32 Å². The number of amidine groups is 1. The van der Waals surface area contributed by atoms with E-state index in [4.69, 9.17) is 0 Å². The Morgan fingerprint density at radius 1 is 1.50 bits per heavy atom. The van der Waals surface area contributed by atoms with E-state index in [0.717, 1.165) is 5.69 Å². The Hall–Kier alpha value is -1.29. The number of hydrogen-bond donors (Lipinski definition) is 1. The summed E-state index contributed by atoms with van der Waals surface area (Å²) in [5, 5.41) is 3.79. The van der Waals surface area contributed by atoms with Crippen molar-refractivity contribution in [2.24, 2.45) is 4.99 Å². The summed E-state index contributed by atoms with van der Waals surface area (Å²) in [7, 11) is 0. The van der Waals surface area contributed by atoms with Crippen LogP contribution in [0.5, 0.6) is 0 Å². The third-order valence-corrected chi connectivity index (χ3v) is 3.25. The highest BCUT2D eigenvalue weighted by molar-refractivity contribution is 8.14. The average molecular weight is 234 g/mol. The van der Waals surface area contributed by atoms with Gasteiger partial charge >= 0.3 is 0 Å². The zero-order valence-electron chi connectivity index (χ0n) is 9.36. The van der Waals surface area contributed by atoms with E-state index in [1.165, 1.54) is 5.56 Å². The Kier molecular flexibility index (Phi) is 3.29. The number of benzene rings is 1. The lowest BCUT2D eigenvalue weighted by atomic mass is 10.2. The van der Waals surface area contributed by atoms with Gasteiger partial charge in [0, 0.05) is 11.7 Å². The van der Waals surface area contributed by atoms with E-state index in [2.05, 4.69) is 10.3 Å². The quantitative estimate of drug-likeness (QED) is 0.811. The van der Waals surface area contributed by atoms with E-state index >= 15 is 0 Å². The number of rotatable bonds is 1. The van der Waals surface area contributed by atoms with E-state index in [0.29, 0.717) is 16.8 Å². The van der Waals surface area contributed by atoms with Crippen molar-refractivity contribution in [2.75, 3.05) is 0 Å².